The fourth-order valence-corrected chi connectivity index (χ4v) is 1.86. The van der Waals surface area contributed by atoms with Crippen LogP contribution in [-0.2, 0) is 0 Å². The standard InChI is InChI=1S/C14H23NO2/c1-3-7-17-14-6-4-5-12(9-14)13(10-15)8-11(2)16/h4-6,9,11,13,16H,3,7-8,10,15H2,1-2H3. The van der Waals surface area contributed by atoms with E-state index in [-0.39, 0.29) is 12.0 Å². The molecule has 0 amide bonds. The van der Waals surface area contributed by atoms with Gasteiger partial charge in [-0.15, -0.1) is 0 Å². The Hall–Kier alpha value is -1.06. The quantitative estimate of drug-likeness (QED) is 0.765. The van der Waals surface area contributed by atoms with Crippen molar-refractivity contribution in [3.8, 4) is 5.75 Å². The van der Waals surface area contributed by atoms with Gasteiger partial charge in [0.2, 0.25) is 0 Å². The van der Waals surface area contributed by atoms with Crippen LogP contribution < -0.4 is 10.5 Å². The molecule has 2 atom stereocenters. The molecule has 0 bridgehead atoms. The predicted octanol–water partition coefficient (Wildman–Crippen LogP) is 2.29. The summed E-state index contributed by atoms with van der Waals surface area (Å²) in [4.78, 5) is 0. The Balaban J connectivity index is 2.73. The van der Waals surface area contributed by atoms with Crippen LogP contribution >= 0.6 is 0 Å². The second kappa shape index (κ2) is 7.30. The highest BCUT2D eigenvalue weighted by Gasteiger charge is 2.13. The van der Waals surface area contributed by atoms with Gasteiger partial charge in [-0.3, -0.25) is 0 Å². The van der Waals surface area contributed by atoms with Crippen LogP contribution in [0.4, 0.5) is 0 Å². The normalized spacial score (nSPS) is 14.4. The molecule has 0 saturated heterocycles. The highest BCUT2D eigenvalue weighted by atomic mass is 16.5. The van der Waals surface area contributed by atoms with Crippen molar-refractivity contribution in [1.82, 2.24) is 0 Å². The van der Waals surface area contributed by atoms with E-state index < -0.39 is 0 Å². The van der Waals surface area contributed by atoms with Crippen LogP contribution in [-0.4, -0.2) is 24.4 Å². The maximum atomic E-state index is 9.44. The molecule has 1 aromatic carbocycles. The number of aliphatic hydroxyl groups excluding tert-OH is 1. The van der Waals surface area contributed by atoms with Gasteiger partial charge in [0, 0.05) is 0 Å². The highest BCUT2D eigenvalue weighted by molar-refractivity contribution is 5.31. The molecule has 1 rings (SSSR count). The van der Waals surface area contributed by atoms with Crippen molar-refractivity contribution in [1.29, 1.82) is 0 Å². The second-order valence-corrected chi connectivity index (χ2v) is 4.44. The monoisotopic (exact) mass is 237 g/mol. The molecule has 0 heterocycles. The van der Waals surface area contributed by atoms with Crippen molar-refractivity contribution in [2.45, 2.75) is 38.7 Å². The van der Waals surface area contributed by atoms with Crippen LogP contribution in [0, 0.1) is 0 Å². The summed E-state index contributed by atoms with van der Waals surface area (Å²) in [5.74, 6) is 1.08. The SMILES string of the molecule is CCCOc1cccc(C(CN)CC(C)O)c1. The van der Waals surface area contributed by atoms with Crippen molar-refractivity contribution in [2.75, 3.05) is 13.2 Å². The Labute approximate surface area is 104 Å². The Morgan fingerprint density at radius 2 is 2.18 bits per heavy atom. The third-order valence-electron chi connectivity index (χ3n) is 2.71. The number of hydrogen-bond acceptors (Lipinski definition) is 3. The zero-order valence-corrected chi connectivity index (χ0v) is 10.7. The Morgan fingerprint density at radius 3 is 2.76 bits per heavy atom. The summed E-state index contributed by atoms with van der Waals surface area (Å²) in [6.07, 6.45) is 1.36. The molecule has 0 fully saturated rings. The van der Waals surface area contributed by atoms with Gasteiger partial charge in [0.15, 0.2) is 0 Å². The van der Waals surface area contributed by atoms with Gasteiger partial charge in [0.1, 0.15) is 5.75 Å². The summed E-state index contributed by atoms with van der Waals surface area (Å²) in [6, 6.07) is 7.99. The van der Waals surface area contributed by atoms with Crippen LogP contribution in [0.2, 0.25) is 0 Å². The number of benzene rings is 1. The lowest BCUT2D eigenvalue weighted by Crippen LogP contribution is -2.17. The number of ether oxygens (including phenoxy) is 1. The highest BCUT2D eigenvalue weighted by Crippen LogP contribution is 2.24. The van der Waals surface area contributed by atoms with E-state index in [2.05, 4.69) is 6.92 Å². The molecule has 1 aromatic rings. The molecule has 0 aliphatic heterocycles. The Morgan fingerprint density at radius 1 is 1.41 bits per heavy atom. The maximum absolute atomic E-state index is 9.44. The molecular formula is C14H23NO2. The van der Waals surface area contributed by atoms with Crippen LogP contribution in [0.3, 0.4) is 0 Å². The topological polar surface area (TPSA) is 55.5 Å². The van der Waals surface area contributed by atoms with Gasteiger partial charge in [-0.2, -0.15) is 0 Å². The molecule has 3 nitrogen and oxygen atoms in total. The van der Waals surface area contributed by atoms with E-state index in [1.54, 1.807) is 6.92 Å². The fourth-order valence-electron chi connectivity index (χ4n) is 1.86. The fraction of sp³-hybridized carbons (Fsp3) is 0.571. The minimum atomic E-state index is -0.330. The molecule has 3 heteroatoms. The van der Waals surface area contributed by atoms with Gasteiger partial charge < -0.3 is 15.6 Å². The first-order chi connectivity index (χ1) is 8.17. The summed E-state index contributed by atoms with van der Waals surface area (Å²) < 4.78 is 5.59. The molecule has 0 aliphatic rings. The summed E-state index contributed by atoms with van der Waals surface area (Å²) >= 11 is 0. The van der Waals surface area contributed by atoms with Crippen LogP contribution in [0.5, 0.6) is 5.75 Å². The van der Waals surface area contributed by atoms with Gasteiger partial charge in [0.25, 0.3) is 0 Å². The third-order valence-corrected chi connectivity index (χ3v) is 2.71. The van der Waals surface area contributed by atoms with Crippen molar-refractivity contribution in [3.63, 3.8) is 0 Å². The first-order valence-corrected chi connectivity index (χ1v) is 6.28. The summed E-state index contributed by atoms with van der Waals surface area (Å²) in [5, 5.41) is 9.44. The average Bonchev–Trinajstić information content (AvgIpc) is 2.33. The van der Waals surface area contributed by atoms with Crippen molar-refractivity contribution < 1.29 is 9.84 Å². The van der Waals surface area contributed by atoms with Gasteiger partial charge in [-0.1, -0.05) is 19.1 Å². The molecule has 0 spiro atoms. The molecule has 0 saturated carbocycles. The molecular weight excluding hydrogens is 214 g/mol. The molecule has 96 valence electrons. The second-order valence-electron chi connectivity index (χ2n) is 4.44. The van der Waals surface area contributed by atoms with Gasteiger partial charge in [-0.25, -0.2) is 0 Å². The van der Waals surface area contributed by atoms with Crippen molar-refractivity contribution >= 4 is 0 Å². The zero-order chi connectivity index (χ0) is 12.7. The lowest BCUT2D eigenvalue weighted by molar-refractivity contribution is 0.175. The van der Waals surface area contributed by atoms with E-state index in [1.807, 2.05) is 24.3 Å². The predicted molar refractivity (Wildman–Crippen MR) is 70.3 cm³/mol. The molecule has 3 N–H and O–H groups in total. The average molecular weight is 237 g/mol. The van der Waals surface area contributed by atoms with Gasteiger partial charge in [-0.05, 0) is 49.9 Å². The Kier molecular flexibility index (Phi) is 6.01. The van der Waals surface area contributed by atoms with Crippen LogP contribution in [0.25, 0.3) is 0 Å². The number of aliphatic hydroxyl groups is 1. The van der Waals surface area contributed by atoms with E-state index in [4.69, 9.17) is 10.5 Å². The largest absolute Gasteiger partial charge is 0.494 e. The van der Waals surface area contributed by atoms with E-state index in [1.165, 1.54) is 0 Å². The molecule has 0 radical (unpaired) electrons. The van der Waals surface area contributed by atoms with E-state index >= 15 is 0 Å². The van der Waals surface area contributed by atoms with Crippen LogP contribution in [0.15, 0.2) is 24.3 Å². The summed E-state index contributed by atoms with van der Waals surface area (Å²) in [5.41, 5.74) is 6.89. The molecule has 0 aliphatic carbocycles. The van der Waals surface area contributed by atoms with E-state index in [0.29, 0.717) is 13.0 Å². The van der Waals surface area contributed by atoms with Crippen molar-refractivity contribution in [3.05, 3.63) is 29.8 Å². The minimum absolute atomic E-state index is 0.195. The van der Waals surface area contributed by atoms with Gasteiger partial charge in [0.05, 0.1) is 12.7 Å². The van der Waals surface area contributed by atoms with E-state index in [0.717, 1.165) is 24.3 Å². The zero-order valence-electron chi connectivity index (χ0n) is 10.7. The number of rotatable bonds is 7. The smallest absolute Gasteiger partial charge is 0.119 e. The first-order valence-electron chi connectivity index (χ1n) is 6.28. The Bertz CT molecular complexity index is 326. The molecule has 2 unspecified atom stereocenters. The van der Waals surface area contributed by atoms with Gasteiger partial charge >= 0.3 is 0 Å². The summed E-state index contributed by atoms with van der Waals surface area (Å²) in [7, 11) is 0. The van der Waals surface area contributed by atoms with Crippen molar-refractivity contribution in [2.24, 2.45) is 5.73 Å². The van der Waals surface area contributed by atoms with E-state index in [9.17, 15) is 5.11 Å². The number of hydrogen-bond donors (Lipinski definition) is 2. The van der Waals surface area contributed by atoms with Crippen LogP contribution in [0.1, 0.15) is 38.2 Å². The summed E-state index contributed by atoms with van der Waals surface area (Å²) in [6.45, 7) is 5.15. The third kappa shape index (κ3) is 4.75. The molecule has 0 aromatic heterocycles. The maximum Gasteiger partial charge on any atom is 0.119 e. The molecule has 17 heavy (non-hydrogen) atoms. The lowest BCUT2D eigenvalue weighted by atomic mass is 9.93. The first kappa shape index (κ1) is 14.0. The number of nitrogens with two attached hydrogens (primary N) is 1. The lowest BCUT2D eigenvalue weighted by Gasteiger charge is -2.17. The minimum Gasteiger partial charge on any atom is -0.494 e.